The number of carbonyl (C=O) groups excluding carboxylic acids is 1. The zero-order valence-electron chi connectivity index (χ0n) is 22.9. The van der Waals surface area contributed by atoms with Crippen molar-refractivity contribution in [3.05, 3.63) is 118 Å². The number of allylic oxidation sites excluding steroid dienone is 1. The van der Waals surface area contributed by atoms with Gasteiger partial charge in [0.15, 0.2) is 4.80 Å². The number of carbonyl (C=O) groups is 1. The summed E-state index contributed by atoms with van der Waals surface area (Å²) in [6, 6.07) is 14.4. The minimum Gasteiger partial charge on any atom is -0.457 e. The van der Waals surface area contributed by atoms with Gasteiger partial charge >= 0.3 is 0 Å². The number of thiazole rings is 1. The van der Waals surface area contributed by atoms with Gasteiger partial charge in [-0.05, 0) is 63.1 Å². The van der Waals surface area contributed by atoms with Gasteiger partial charge in [0, 0.05) is 41.9 Å². The molecule has 2 aromatic carbocycles. The monoisotopic (exact) mass is 590 g/mol. The lowest BCUT2D eigenvalue weighted by Crippen LogP contribution is -2.43. The van der Waals surface area contributed by atoms with Crippen LogP contribution in [0.15, 0.2) is 80.1 Å². The molecule has 2 aromatic heterocycles. The summed E-state index contributed by atoms with van der Waals surface area (Å²) in [5.41, 5.74) is 2.80. The number of halogens is 1. The number of non-ortho nitro benzene ring substituents is 1. The highest BCUT2D eigenvalue weighted by atomic mass is 35.5. The summed E-state index contributed by atoms with van der Waals surface area (Å²) in [5.74, 6) is 0.690. The molecular formula is C30H27ClN4O5S. The lowest BCUT2D eigenvalue weighted by Gasteiger charge is -2.29. The van der Waals surface area contributed by atoms with Crippen molar-refractivity contribution in [2.24, 2.45) is 4.99 Å². The maximum Gasteiger partial charge on any atom is 0.271 e. The number of hydrogen-bond donors (Lipinski definition) is 0. The molecule has 1 atom stereocenters. The van der Waals surface area contributed by atoms with Crippen LogP contribution in [0.25, 0.3) is 17.4 Å². The maximum atomic E-state index is 13.9. The summed E-state index contributed by atoms with van der Waals surface area (Å²) in [5, 5.41) is 11.8. The molecule has 3 heterocycles. The first-order valence-corrected chi connectivity index (χ1v) is 14.2. The van der Waals surface area contributed by atoms with E-state index in [-0.39, 0.29) is 17.2 Å². The van der Waals surface area contributed by atoms with E-state index in [0.29, 0.717) is 55.8 Å². The number of likely N-dealkylation sites (N-methyl/N-ethyl adjacent to an activating group) is 1. The van der Waals surface area contributed by atoms with E-state index in [1.54, 1.807) is 52.8 Å². The number of aryl methyl sites for hydroxylation is 1. The molecule has 0 radical (unpaired) electrons. The third kappa shape index (κ3) is 5.28. The van der Waals surface area contributed by atoms with E-state index >= 15 is 0 Å². The maximum absolute atomic E-state index is 13.9. The van der Waals surface area contributed by atoms with Gasteiger partial charge in [-0.1, -0.05) is 41.1 Å². The first-order valence-electron chi connectivity index (χ1n) is 13.1. The van der Waals surface area contributed by atoms with Gasteiger partial charge in [-0.3, -0.25) is 24.3 Å². The number of hydrogen-bond acceptors (Lipinski definition) is 7. The molecule has 0 unspecified atom stereocenters. The Morgan fingerprint density at radius 1 is 1.15 bits per heavy atom. The highest BCUT2D eigenvalue weighted by Gasteiger charge is 2.34. The summed E-state index contributed by atoms with van der Waals surface area (Å²) in [7, 11) is 0. The highest BCUT2D eigenvalue weighted by molar-refractivity contribution is 7.07. The van der Waals surface area contributed by atoms with Crippen LogP contribution in [0.2, 0.25) is 5.02 Å². The molecule has 0 N–H and O–H groups in total. The van der Waals surface area contributed by atoms with Crippen molar-refractivity contribution < 1.29 is 14.1 Å². The number of amides is 1. The van der Waals surface area contributed by atoms with Gasteiger partial charge in [0.1, 0.15) is 11.5 Å². The van der Waals surface area contributed by atoms with E-state index in [0.717, 1.165) is 11.1 Å². The number of nitrogens with zero attached hydrogens (tertiary/aromatic N) is 4. The van der Waals surface area contributed by atoms with Crippen LogP contribution in [-0.2, 0) is 4.79 Å². The number of benzene rings is 2. The standard InChI is InChI=1S/C30H27ClN4O5S/c1-5-33(6-2)29(37)26-18(4)32-30-34(27(26)19-8-10-20(31)11-9-19)28(36)25(41-30)16-22-13-14-24(40-22)23-15-21(35(38)39)12-7-17(23)3/h7-16,27H,5-6H2,1-4H3/b25-16+/t27-/m1/s1. The van der Waals surface area contributed by atoms with Crippen LogP contribution in [-0.4, -0.2) is 33.4 Å². The fourth-order valence-electron chi connectivity index (χ4n) is 4.93. The number of aromatic nitrogens is 1. The summed E-state index contributed by atoms with van der Waals surface area (Å²) >= 11 is 7.36. The lowest BCUT2D eigenvalue weighted by molar-refractivity contribution is -0.384. The van der Waals surface area contributed by atoms with E-state index in [4.69, 9.17) is 16.0 Å². The second-order valence-electron chi connectivity index (χ2n) is 9.57. The van der Waals surface area contributed by atoms with Crippen LogP contribution < -0.4 is 14.9 Å². The second kappa shape index (κ2) is 11.3. The average molecular weight is 591 g/mol. The van der Waals surface area contributed by atoms with E-state index in [2.05, 4.69) is 4.99 Å². The Bertz CT molecular complexity index is 1880. The summed E-state index contributed by atoms with van der Waals surface area (Å²) in [6.07, 6.45) is 1.63. The molecule has 5 rings (SSSR count). The third-order valence-electron chi connectivity index (χ3n) is 7.09. The Morgan fingerprint density at radius 3 is 2.51 bits per heavy atom. The summed E-state index contributed by atoms with van der Waals surface area (Å²) in [6.45, 7) is 8.50. The van der Waals surface area contributed by atoms with Crippen LogP contribution >= 0.6 is 22.9 Å². The Morgan fingerprint density at radius 2 is 1.85 bits per heavy atom. The van der Waals surface area contributed by atoms with Crippen LogP contribution in [0.4, 0.5) is 5.69 Å². The first-order chi connectivity index (χ1) is 19.6. The van der Waals surface area contributed by atoms with Gasteiger partial charge in [-0.15, -0.1) is 0 Å². The summed E-state index contributed by atoms with van der Waals surface area (Å²) in [4.78, 5) is 45.3. The molecule has 11 heteroatoms. The van der Waals surface area contributed by atoms with Gasteiger partial charge in [-0.2, -0.15) is 0 Å². The summed E-state index contributed by atoms with van der Waals surface area (Å²) < 4.78 is 7.94. The minimum atomic E-state index is -0.682. The zero-order valence-corrected chi connectivity index (χ0v) is 24.5. The molecule has 0 fully saturated rings. The van der Waals surface area contributed by atoms with Gasteiger partial charge in [0.25, 0.3) is 17.2 Å². The fraction of sp³-hybridized carbons (Fsp3) is 0.233. The number of nitro benzene ring substituents is 1. The molecule has 1 amide bonds. The smallest absolute Gasteiger partial charge is 0.271 e. The second-order valence-corrected chi connectivity index (χ2v) is 11.0. The van der Waals surface area contributed by atoms with Crippen molar-refractivity contribution in [1.29, 1.82) is 0 Å². The number of furan rings is 1. The van der Waals surface area contributed by atoms with Crippen LogP contribution in [0.5, 0.6) is 0 Å². The quantitative estimate of drug-likeness (QED) is 0.216. The molecule has 0 aliphatic carbocycles. The number of nitro groups is 1. The van der Waals surface area contributed by atoms with Gasteiger partial charge in [0.05, 0.1) is 26.8 Å². The molecule has 1 aliphatic rings. The van der Waals surface area contributed by atoms with Crippen LogP contribution in [0, 0.1) is 17.0 Å². The van der Waals surface area contributed by atoms with Crippen molar-refractivity contribution in [1.82, 2.24) is 9.47 Å². The van der Waals surface area contributed by atoms with Gasteiger partial charge < -0.3 is 9.32 Å². The van der Waals surface area contributed by atoms with Crippen molar-refractivity contribution in [3.63, 3.8) is 0 Å². The predicted molar refractivity (Wildman–Crippen MR) is 159 cm³/mol. The van der Waals surface area contributed by atoms with E-state index in [1.165, 1.54) is 23.5 Å². The normalized spacial score (nSPS) is 15.0. The van der Waals surface area contributed by atoms with Crippen molar-refractivity contribution in [3.8, 4) is 11.3 Å². The highest BCUT2D eigenvalue weighted by Crippen LogP contribution is 2.32. The Balaban J connectivity index is 1.63. The molecule has 1 aliphatic heterocycles. The molecule has 41 heavy (non-hydrogen) atoms. The topological polar surface area (TPSA) is 111 Å². The Labute approximate surface area is 244 Å². The van der Waals surface area contributed by atoms with Crippen LogP contribution in [0.3, 0.4) is 0 Å². The minimum absolute atomic E-state index is 0.0375. The Hall–Kier alpha value is -4.28. The largest absolute Gasteiger partial charge is 0.457 e. The van der Waals surface area contributed by atoms with Crippen molar-refractivity contribution in [2.45, 2.75) is 33.7 Å². The molecule has 210 valence electrons. The van der Waals surface area contributed by atoms with Gasteiger partial charge in [-0.25, -0.2) is 4.99 Å². The van der Waals surface area contributed by atoms with Crippen LogP contribution in [0.1, 0.15) is 43.7 Å². The predicted octanol–water partition coefficient (Wildman–Crippen LogP) is 5.23. The molecule has 0 spiro atoms. The Kier molecular flexibility index (Phi) is 7.79. The molecule has 9 nitrogen and oxygen atoms in total. The van der Waals surface area contributed by atoms with E-state index in [1.807, 2.05) is 32.9 Å². The third-order valence-corrected chi connectivity index (χ3v) is 8.32. The van der Waals surface area contributed by atoms with Crippen molar-refractivity contribution in [2.75, 3.05) is 13.1 Å². The van der Waals surface area contributed by atoms with E-state index in [9.17, 15) is 19.7 Å². The van der Waals surface area contributed by atoms with Gasteiger partial charge in [0.2, 0.25) is 0 Å². The molecule has 0 bridgehead atoms. The first kappa shape index (κ1) is 28.3. The SMILES string of the molecule is CCN(CC)C(=O)C1=C(C)N=c2s/c(=C/c3ccc(-c4cc([N+](=O)[O-])ccc4C)o3)c(=O)n2[C@@H]1c1ccc(Cl)cc1. The molecule has 0 saturated heterocycles. The zero-order chi connectivity index (χ0) is 29.4. The fourth-order valence-corrected chi connectivity index (χ4v) is 6.08. The average Bonchev–Trinajstić information content (AvgIpc) is 3.53. The number of fused-ring (bicyclic) bond motifs is 1. The molecular weight excluding hydrogens is 564 g/mol. The van der Waals surface area contributed by atoms with Crippen molar-refractivity contribution >= 4 is 40.6 Å². The number of rotatable bonds is 7. The molecule has 0 saturated carbocycles. The lowest BCUT2D eigenvalue weighted by atomic mass is 9.94. The molecule has 4 aromatic rings. The van der Waals surface area contributed by atoms with E-state index < -0.39 is 11.0 Å².